The molecule has 0 bridgehead atoms. The molecular weight excluding hydrogens is 196 g/mol. The lowest BCUT2D eigenvalue weighted by Crippen LogP contribution is -2.37. The average molecular weight is 208 g/mol. The third kappa shape index (κ3) is 2.21. The zero-order chi connectivity index (χ0) is 10.7. The lowest BCUT2D eigenvalue weighted by atomic mass is 10.3. The number of hydrogen-bond donors (Lipinski definition) is 1. The van der Waals surface area contributed by atoms with Crippen LogP contribution in [0.4, 0.5) is 5.82 Å². The third-order valence-corrected chi connectivity index (χ3v) is 2.24. The van der Waals surface area contributed by atoms with E-state index in [0.717, 1.165) is 18.9 Å². The molecule has 1 saturated heterocycles. The SMILES string of the molecule is NC(=O)c1cc(N2CCOCC2)ncn1. The van der Waals surface area contributed by atoms with Crippen molar-refractivity contribution in [1.82, 2.24) is 9.97 Å². The first-order valence-electron chi connectivity index (χ1n) is 4.72. The number of nitrogens with two attached hydrogens (primary N) is 1. The lowest BCUT2D eigenvalue weighted by Gasteiger charge is -2.27. The Balaban J connectivity index is 2.19. The first kappa shape index (κ1) is 9.85. The Kier molecular flexibility index (Phi) is 2.77. The smallest absolute Gasteiger partial charge is 0.267 e. The van der Waals surface area contributed by atoms with Gasteiger partial charge in [0.2, 0.25) is 0 Å². The Morgan fingerprint density at radius 1 is 1.40 bits per heavy atom. The number of ether oxygens (including phenoxy) is 1. The molecule has 1 aliphatic rings. The molecule has 0 unspecified atom stereocenters. The minimum Gasteiger partial charge on any atom is -0.378 e. The maximum Gasteiger partial charge on any atom is 0.267 e. The summed E-state index contributed by atoms with van der Waals surface area (Å²) in [4.78, 5) is 20.9. The van der Waals surface area contributed by atoms with Crippen LogP contribution in [-0.2, 0) is 4.74 Å². The molecule has 80 valence electrons. The van der Waals surface area contributed by atoms with Crippen molar-refractivity contribution in [1.29, 1.82) is 0 Å². The fraction of sp³-hybridized carbons (Fsp3) is 0.444. The fourth-order valence-electron chi connectivity index (χ4n) is 1.45. The molecule has 0 atom stereocenters. The predicted molar refractivity (Wildman–Crippen MR) is 53.6 cm³/mol. The largest absolute Gasteiger partial charge is 0.378 e. The number of morpholine rings is 1. The summed E-state index contributed by atoms with van der Waals surface area (Å²) in [6.45, 7) is 2.90. The number of amides is 1. The number of nitrogens with zero attached hydrogens (tertiary/aromatic N) is 3. The van der Waals surface area contributed by atoms with Crippen LogP contribution in [0.3, 0.4) is 0 Å². The second-order valence-corrected chi connectivity index (χ2v) is 3.23. The maximum absolute atomic E-state index is 10.9. The number of carbonyl (C=O) groups excluding carboxylic acids is 1. The highest BCUT2D eigenvalue weighted by atomic mass is 16.5. The summed E-state index contributed by atoms with van der Waals surface area (Å²) in [6.07, 6.45) is 1.35. The maximum atomic E-state index is 10.9. The van der Waals surface area contributed by atoms with Gasteiger partial charge in [-0.3, -0.25) is 4.79 Å². The van der Waals surface area contributed by atoms with Gasteiger partial charge in [-0.25, -0.2) is 9.97 Å². The van der Waals surface area contributed by atoms with E-state index in [9.17, 15) is 4.79 Å². The average Bonchev–Trinajstić information content (AvgIpc) is 2.30. The molecule has 2 heterocycles. The van der Waals surface area contributed by atoms with Gasteiger partial charge in [-0.05, 0) is 0 Å². The van der Waals surface area contributed by atoms with E-state index >= 15 is 0 Å². The first-order valence-corrected chi connectivity index (χ1v) is 4.72. The van der Waals surface area contributed by atoms with Crippen molar-refractivity contribution in [3.63, 3.8) is 0 Å². The molecular formula is C9H12N4O2. The Hall–Kier alpha value is -1.69. The van der Waals surface area contributed by atoms with Gasteiger partial charge in [0.15, 0.2) is 0 Å². The summed E-state index contributed by atoms with van der Waals surface area (Å²) < 4.78 is 5.22. The van der Waals surface area contributed by atoms with Gasteiger partial charge in [-0.1, -0.05) is 0 Å². The Bertz CT molecular complexity index is 363. The molecule has 0 radical (unpaired) electrons. The molecule has 1 aromatic heterocycles. The van der Waals surface area contributed by atoms with E-state index in [1.54, 1.807) is 6.07 Å². The predicted octanol–water partition coefficient (Wildman–Crippen LogP) is -0.588. The van der Waals surface area contributed by atoms with E-state index in [2.05, 4.69) is 9.97 Å². The highest BCUT2D eigenvalue weighted by Gasteiger charge is 2.13. The van der Waals surface area contributed by atoms with Crippen LogP contribution in [0.2, 0.25) is 0 Å². The van der Waals surface area contributed by atoms with Crippen LogP contribution >= 0.6 is 0 Å². The van der Waals surface area contributed by atoms with Gasteiger partial charge in [-0.2, -0.15) is 0 Å². The normalized spacial score (nSPS) is 16.4. The van der Waals surface area contributed by atoms with Crippen molar-refractivity contribution in [2.75, 3.05) is 31.2 Å². The monoisotopic (exact) mass is 208 g/mol. The zero-order valence-corrected chi connectivity index (χ0v) is 8.22. The Morgan fingerprint density at radius 3 is 2.80 bits per heavy atom. The van der Waals surface area contributed by atoms with Gasteiger partial charge >= 0.3 is 0 Å². The number of anilines is 1. The van der Waals surface area contributed by atoms with E-state index in [1.807, 2.05) is 4.90 Å². The number of carbonyl (C=O) groups is 1. The number of primary amides is 1. The summed E-state index contributed by atoms with van der Waals surface area (Å²) >= 11 is 0. The molecule has 1 aliphatic heterocycles. The topological polar surface area (TPSA) is 81.3 Å². The molecule has 0 spiro atoms. The van der Waals surface area contributed by atoms with Crippen molar-refractivity contribution in [2.24, 2.45) is 5.73 Å². The van der Waals surface area contributed by atoms with Gasteiger partial charge in [0.25, 0.3) is 5.91 Å². The van der Waals surface area contributed by atoms with Crippen LogP contribution in [0.5, 0.6) is 0 Å². The molecule has 6 heteroatoms. The Morgan fingerprint density at radius 2 is 2.13 bits per heavy atom. The quantitative estimate of drug-likeness (QED) is 0.702. The number of hydrogen-bond acceptors (Lipinski definition) is 5. The molecule has 1 fully saturated rings. The van der Waals surface area contributed by atoms with E-state index < -0.39 is 5.91 Å². The van der Waals surface area contributed by atoms with Gasteiger partial charge < -0.3 is 15.4 Å². The summed E-state index contributed by atoms with van der Waals surface area (Å²) in [5.74, 6) is 0.189. The van der Waals surface area contributed by atoms with E-state index in [-0.39, 0.29) is 5.69 Å². The molecule has 0 saturated carbocycles. The van der Waals surface area contributed by atoms with Crippen LogP contribution < -0.4 is 10.6 Å². The summed E-state index contributed by atoms with van der Waals surface area (Å²) in [7, 11) is 0. The molecule has 0 aromatic carbocycles. The zero-order valence-electron chi connectivity index (χ0n) is 8.22. The molecule has 2 N–H and O–H groups in total. The van der Waals surface area contributed by atoms with Crippen molar-refractivity contribution < 1.29 is 9.53 Å². The van der Waals surface area contributed by atoms with Gasteiger partial charge in [0.05, 0.1) is 13.2 Å². The van der Waals surface area contributed by atoms with E-state index in [1.165, 1.54) is 6.33 Å². The van der Waals surface area contributed by atoms with Gasteiger partial charge in [-0.15, -0.1) is 0 Å². The van der Waals surface area contributed by atoms with Crippen molar-refractivity contribution >= 4 is 11.7 Å². The van der Waals surface area contributed by atoms with Crippen LogP contribution in [0.15, 0.2) is 12.4 Å². The minimum atomic E-state index is -0.535. The molecule has 2 rings (SSSR count). The van der Waals surface area contributed by atoms with Gasteiger partial charge in [0, 0.05) is 19.2 Å². The van der Waals surface area contributed by atoms with Crippen molar-refractivity contribution in [3.8, 4) is 0 Å². The minimum absolute atomic E-state index is 0.242. The molecule has 1 aromatic rings. The fourth-order valence-corrected chi connectivity index (χ4v) is 1.45. The first-order chi connectivity index (χ1) is 7.27. The van der Waals surface area contributed by atoms with Crippen molar-refractivity contribution in [2.45, 2.75) is 0 Å². The second-order valence-electron chi connectivity index (χ2n) is 3.23. The number of aromatic nitrogens is 2. The third-order valence-electron chi connectivity index (χ3n) is 2.24. The van der Waals surface area contributed by atoms with Crippen LogP contribution in [0.25, 0.3) is 0 Å². The second kappa shape index (κ2) is 4.22. The van der Waals surface area contributed by atoms with E-state index in [0.29, 0.717) is 13.2 Å². The molecule has 1 amide bonds. The lowest BCUT2D eigenvalue weighted by molar-refractivity contribution is 0.0995. The van der Waals surface area contributed by atoms with Crippen molar-refractivity contribution in [3.05, 3.63) is 18.1 Å². The molecule has 0 aliphatic carbocycles. The highest BCUT2D eigenvalue weighted by molar-refractivity contribution is 5.91. The molecule has 15 heavy (non-hydrogen) atoms. The standard InChI is InChI=1S/C9H12N4O2/c10-9(14)7-5-8(12-6-11-7)13-1-3-15-4-2-13/h5-6H,1-4H2,(H2,10,14). The highest BCUT2D eigenvalue weighted by Crippen LogP contribution is 2.12. The van der Waals surface area contributed by atoms with E-state index in [4.69, 9.17) is 10.5 Å². The van der Waals surface area contributed by atoms with Crippen LogP contribution in [0, 0.1) is 0 Å². The van der Waals surface area contributed by atoms with Crippen LogP contribution in [0.1, 0.15) is 10.5 Å². The van der Waals surface area contributed by atoms with Crippen LogP contribution in [-0.4, -0.2) is 42.2 Å². The van der Waals surface area contributed by atoms with Gasteiger partial charge in [0.1, 0.15) is 17.8 Å². The number of rotatable bonds is 2. The Labute approximate surface area is 87.1 Å². The molecule has 6 nitrogen and oxygen atoms in total. The summed E-state index contributed by atoms with van der Waals surface area (Å²) in [6, 6.07) is 1.60. The summed E-state index contributed by atoms with van der Waals surface area (Å²) in [5, 5.41) is 0. The summed E-state index contributed by atoms with van der Waals surface area (Å²) in [5.41, 5.74) is 5.38.